The summed E-state index contributed by atoms with van der Waals surface area (Å²) in [5, 5.41) is 8.68. The van der Waals surface area contributed by atoms with Gasteiger partial charge in [-0.2, -0.15) is 5.26 Å². The predicted octanol–water partition coefficient (Wildman–Crippen LogP) is 2.48. The molecule has 1 saturated carbocycles. The molecule has 0 atom stereocenters. The normalized spacial score (nSPS) is 15.1. The highest BCUT2D eigenvalue weighted by Crippen LogP contribution is 2.34. The minimum Gasteiger partial charge on any atom is -0.398 e. The number of hydrogen-bond acceptors (Lipinski definition) is 2. The maximum atomic E-state index is 8.68. The first-order chi connectivity index (χ1) is 6.79. The van der Waals surface area contributed by atoms with E-state index in [0.717, 1.165) is 18.0 Å². The summed E-state index contributed by atoms with van der Waals surface area (Å²) in [5.41, 5.74) is 8.46. The van der Waals surface area contributed by atoms with Crippen LogP contribution in [0.3, 0.4) is 0 Å². The van der Waals surface area contributed by atoms with E-state index in [2.05, 4.69) is 6.07 Å². The van der Waals surface area contributed by atoms with Crippen LogP contribution in [-0.4, -0.2) is 0 Å². The first-order valence-electron chi connectivity index (χ1n) is 5.08. The zero-order chi connectivity index (χ0) is 9.97. The number of nitrogens with two attached hydrogens (primary N) is 1. The molecule has 0 aromatic heterocycles. The molecule has 1 aliphatic carbocycles. The first kappa shape index (κ1) is 9.08. The van der Waals surface area contributed by atoms with E-state index < -0.39 is 0 Å². The summed E-state index contributed by atoms with van der Waals surface area (Å²) >= 11 is 0. The third-order valence-electron chi connectivity index (χ3n) is 2.79. The summed E-state index contributed by atoms with van der Waals surface area (Å²) in [5.74, 6) is 0.935. The van der Waals surface area contributed by atoms with E-state index >= 15 is 0 Å². The quantitative estimate of drug-likeness (QED) is 0.737. The molecular formula is C12H14N2. The Hall–Kier alpha value is -1.49. The van der Waals surface area contributed by atoms with E-state index in [4.69, 9.17) is 11.0 Å². The Kier molecular flexibility index (Phi) is 2.41. The maximum Gasteiger partial charge on any atom is 0.0992 e. The smallest absolute Gasteiger partial charge is 0.0992 e. The molecule has 2 rings (SSSR count). The number of nitrogens with zero attached hydrogens (tertiary/aromatic N) is 1. The Morgan fingerprint density at radius 1 is 1.43 bits per heavy atom. The molecule has 0 heterocycles. The van der Waals surface area contributed by atoms with Gasteiger partial charge in [0, 0.05) is 5.69 Å². The fourth-order valence-corrected chi connectivity index (χ4v) is 1.66. The number of nitriles is 1. The summed E-state index contributed by atoms with van der Waals surface area (Å²) in [6.45, 7) is 0. The van der Waals surface area contributed by atoms with Gasteiger partial charge in [-0.15, -0.1) is 0 Å². The van der Waals surface area contributed by atoms with E-state index in [0.29, 0.717) is 5.56 Å². The Labute approximate surface area is 84.3 Å². The number of hydrogen-bond donors (Lipinski definition) is 1. The van der Waals surface area contributed by atoms with Crippen molar-refractivity contribution in [3.63, 3.8) is 0 Å². The molecule has 2 N–H and O–H groups in total. The second kappa shape index (κ2) is 3.71. The third kappa shape index (κ3) is 2.05. The van der Waals surface area contributed by atoms with Crippen molar-refractivity contribution in [3.8, 4) is 6.07 Å². The Balaban J connectivity index is 2.05. The number of benzene rings is 1. The van der Waals surface area contributed by atoms with Gasteiger partial charge >= 0.3 is 0 Å². The maximum absolute atomic E-state index is 8.68. The highest BCUT2D eigenvalue weighted by atomic mass is 14.6. The minimum absolute atomic E-state index is 0.651. The van der Waals surface area contributed by atoms with E-state index in [1.807, 2.05) is 12.1 Å². The second-order valence-electron chi connectivity index (χ2n) is 4.01. The molecule has 14 heavy (non-hydrogen) atoms. The van der Waals surface area contributed by atoms with E-state index in [1.165, 1.54) is 24.8 Å². The topological polar surface area (TPSA) is 49.8 Å². The van der Waals surface area contributed by atoms with Crippen LogP contribution in [0.25, 0.3) is 0 Å². The third-order valence-corrected chi connectivity index (χ3v) is 2.79. The van der Waals surface area contributed by atoms with Crippen LogP contribution in [0, 0.1) is 17.2 Å². The molecule has 0 unspecified atom stereocenters. The molecule has 0 saturated heterocycles. The van der Waals surface area contributed by atoms with Crippen LogP contribution in [0.4, 0.5) is 5.69 Å². The van der Waals surface area contributed by atoms with E-state index in [9.17, 15) is 0 Å². The SMILES string of the molecule is N#Cc1ccc(CCC2CC2)c(N)c1. The molecule has 1 aromatic carbocycles. The van der Waals surface area contributed by atoms with E-state index in [-0.39, 0.29) is 0 Å². The summed E-state index contributed by atoms with van der Waals surface area (Å²) in [4.78, 5) is 0. The molecule has 0 spiro atoms. The van der Waals surface area contributed by atoms with Crippen LogP contribution in [0.15, 0.2) is 18.2 Å². The van der Waals surface area contributed by atoms with Crippen molar-refractivity contribution < 1.29 is 0 Å². The van der Waals surface area contributed by atoms with Gasteiger partial charge in [-0.25, -0.2) is 0 Å². The molecule has 0 aliphatic heterocycles. The molecule has 0 bridgehead atoms. The van der Waals surface area contributed by atoms with Gasteiger partial charge in [0.1, 0.15) is 0 Å². The predicted molar refractivity (Wildman–Crippen MR) is 56.6 cm³/mol. The molecule has 72 valence electrons. The van der Waals surface area contributed by atoms with Crippen molar-refractivity contribution in [1.29, 1.82) is 5.26 Å². The van der Waals surface area contributed by atoms with Gasteiger partial charge in [0.05, 0.1) is 11.6 Å². The number of rotatable bonds is 3. The summed E-state index contributed by atoms with van der Waals surface area (Å²) in [6, 6.07) is 7.69. The monoisotopic (exact) mass is 186 g/mol. The van der Waals surface area contributed by atoms with E-state index in [1.54, 1.807) is 6.07 Å². The van der Waals surface area contributed by atoms with Gasteiger partial charge in [0.15, 0.2) is 0 Å². The fourth-order valence-electron chi connectivity index (χ4n) is 1.66. The van der Waals surface area contributed by atoms with Gasteiger partial charge in [0.2, 0.25) is 0 Å². The van der Waals surface area contributed by atoms with Crippen molar-refractivity contribution in [3.05, 3.63) is 29.3 Å². The van der Waals surface area contributed by atoms with Gasteiger partial charge in [-0.05, 0) is 36.5 Å². The van der Waals surface area contributed by atoms with Crippen LogP contribution >= 0.6 is 0 Å². The number of aryl methyl sites for hydroxylation is 1. The Morgan fingerprint density at radius 3 is 2.79 bits per heavy atom. The van der Waals surface area contributed by atoms with Gasteiger partial charge < -0.3 is 5.73 Å². The highest BCUT2D eigenvalue weighted by Gasteiger charge is 2.20. The molecular weight excluding hydrogens is 172 g/mol. The van der Waals surface area contributed by atoms with Crippen molar-refractivity contribution in [2.45, 2.75) is 25.7 Å². The van der Waals surface area contributed by atoms with Gasteiger partial charge in [-0.1, -0.05) is 18.9 Å². The largest absolute Gasteiger partial charge is 0.398 e. The standard InChI is InChI=1S/C12H14N2/c13-8-10-4-6-11(12(14)7-10)5-3-9-1-2-9/h4,6-7,9H,1-3,5,14H2. The molecule has 2 heteroatoms. The van der Waals surface area contributed by atoms with Crippen molar-refractivity contribution in [2.24, 2.45) is 5.92 Å². The second-order valence-corrected chi connectivity index (χ2v) is 4.01. The van der Waals surface area contributed by atoms with Crippen molar-refractivity contribution >= 4 is 5.69 Å². The number of nitrogen functional groups attached to an aromatic ring is 1. The number of anilines is 1. The van der Waals surface area contributed by atoms with Crippen LogP contribution in [0.5, 0.6) is 0 Å². The lowest BCUT2D eigenvalue weighted by Gasteiger charge is -2.04. The zero-order valence-corrected chi connectivity index (χ0v) is 8.16. The molecule has 1 fully saturated rings. The molecule has 1 aromatic rings. The van der Waals surface area contributed by atoms with Crippen molar-refractivity contribution in [1.82, 2.24) is 0 Å². The fraction of sp³-hybridized carbons (Fsp3) is 0.417. The summed E-state index contributed by atoms with van der Waals surface area (Å²) < 4.78 is 0. The van der Waals surface area contributed by atoms with Crippen molar-refractivity contribution in [2.75, 3.05) is 5.73 Å². The minimum atomic E-state index is 0.651. The van der Waals surface area contributed by atoms with Crippen LogP contribution in [0.1, 0.15) is 30.4 Å². The van der Waals surface area contributed by atoms with Gasteiger partial charge in [-0.3, -0.25) is 0 Å². The lowest BCUT2D eigenvalue weighted by Crippen LogP contribution is -1.95. The Morgan fingerprint density at radius 2 is 2.21 bits per heavy atom. The Bertz CT molecular complexity index is 372. The summed E-state index contributed by atoms with van der Waals surface area (Å²) in [7, 11) is 0. The average molecular weight is 186 g/mol. The zero-order valence-electron chi connectivity index (χ0n) is 8.16. The van der Waals surface area contributed by atoms with Crippen LogP contribution in [0.2, 0.25) is 0 Å². The van der Waals surface area contributed by atoms with Crippen LogP contribution in [-0.2, 0) is 6.42 Å². The molecule has 1 aliphatic rings. The lowest BCUT2D eigenvalue weighted by molar-refractivity contribution is 0.728. The first-order valence-corrected chi connectivity index (χ1v) is 5.08. The molecule has 2 nitrogen and oxygen atoms in total. The molecule has 0 radical (unpaired) electrons. The average Bonchev–Trinajstić information content (AvgIpc) is 2.99. The highest BCUT2D eigenvalue weighted by molar-refractivity contribution is 5.52. The van der Waals surface area contributed by atoms with Crippen LogP contribution < -0.4 is 5.73 Å². The lowest BCUT2D eigenvalue weighted by atomic mass is 10.0. The molecule has 0 amide bonds. The summed E-state index contributed by atoms with van der Waals surface area (Å²) in [6.07, 6.45) is 5.07. The van der Waals surface area contributed by atoms with Gasteiger partial charge in [0.25, 0.3) is 0 Å².